The molecular weight excluding hydrogens is 306 g/mol. The van der Waals surface area contributed by atoms with Crippen molar-refractivity contribution in [2.24, 2.45) is 5.92 Å². The highest BCUT2D eigenvalue weighted by Crippen LogP contribution is 2.21. The number of halogens is 1. The van der Waals surface area contributed by atoms with Gasteiger partial charge in [0.25, 0.3) is 5.91 Å². The van der Waals surface area contributed by atoms with Crippen LogP contribution in [0.15, 0.2) is 22.7 Å². The molecule has 1 atom stereocenters. The van der Waals surface area contributed by atoms with Crippen molar-refractivity contribution in [1.29, 1.82) is 0 Å². The summed E-state index contributed by atoms with van der Waals surface area (Å²) in [5.41, 5.74) is 1.84. The third kappa shape index (κ3) is 3.80. The van der Waals surface area contributed by atoms with Gasteiger partial charge >= 0.3 is 0 Å². The Balaban J connectivity index is 1.99. The van der Waals surface area contributed by atoms with E-state index in [2.05, 4.69) is 28.2 Å². The van der Waals surface area contributed by atoms with E-state index in [0.29, 0.717) is 11.5 Å². The number of benzene rings is 1. The summed E-state index contributed by atoms with van der Waals surface area (Å²) in [6, 6.07) is 5.97. The summed E-state index contributed by atoms with van der Waals surface area (Å²) in [6.45, 7) is 5.70. The van der Waals surface area contributed by atoms with Gasteiger partial charge in [0.1, 0.15) is 0 Å². The summed E-state index contributed by atoms with van der Waals surface area (Å²) in [5, 5.41) is 3.10. The lowest BCUT2D eigenvalue weighted by atomic mass is 9.93. The lowest BCUT2D eigenvalue weighted by molar-refractivity contribution is 0.0538. The summed E-state index contributed by atoms with van der Waals surface area (Å²) in [5.74, 6) is 0.507. The molecule has 1 aliphatic rings. The number of hydrogen-bond donors (Lipinski definition) is 1. The maximum Gasteiger partial charge on any atom is 0.252 e. The molecule has 1 saturated heterocycles. The van der Waals surface area contributed by atoms with E-state index in [0.717, 1.165) is 36.1 Å². The molecule has 1 unspecified atom stereocenters. The maximum absolute atomic E-state index is 12.3. The van der Waals surface area contributed by atoms with Crippen LogP contribution in [0.2, 0.25) is 0 Å². The second kappa shape index (κ2) is 6.53. The first kappa shape index (κ1) is 14.5. The minimum Gasteiger partial charge on any atom is -0.381 e. The first-order valence-corrected chi connectivity index (χ1v) is 7.52. The molecule has 4 heteroatoms. The lowest BCUT2D eigenvalue weighted by Gasteiger charge is -2.28. The highest BCUT2D eigenvalue weighted by Gasteiger charge is 2.22. The van der Waals surface area contributed by atoms with Crippen LogP contribution in [0.25, 0.3) is 0 Å². The Kier molecular flexibility index (Phi) is 4.99. The number of amides is 1. The van der Waals surface area contributed by atoms with Gasteiger partial charge in [0.15, 0.2) is 0 Å². The van der Waals surface area contributed by atoms with Crippen LogP contribution >= 0.6 is 15.9 Å². The molecule has 1 aromatic rings. The fourth-order valence-corrected chi connectivity index (χ4v) is 3.10. The molecule has 0 saturated carbocycles. The first-order chi connectivity index (χ1) is 9.08. The average Bonchev–Trinajstić information content (AvgIpc) is 2.39. The van der Waals surface area contributed by atoms with Gasteiger partial charge in [0, 0.05) is 23.7 Å². The zero-order chi connectivity index (χ0) is 13.8. The molecule has 0 radical (unpaired) electrons. The number of nitrogens with one attached hydrogen (secondary N) is 1. The first-order valence-electron chi connectivity index (χ1n) is 6.72. The van der Waals surface area contributed by atoms with Crippen LogP contribution in [0.4, 0.5) is 0 Å². The average molecular weight is 326 g/mol. The van der Waals surface area contributed by atoms with E-state index >= 15 is 0 Å². The van der Waals surface area contributed by atoms with Crippen molar-refractivity contribution < 1.29 is 9.53 Å². The Morgan fingerprint density at radius 1 is 1.42 bits per heavy atom. The van der Waals surface area contributed by atoms with Gasteiger partial charge in [-0.1, -0.05) is 6.07 Å². The van der Waals surface area contributed by atoms with Gasteiger partial charge in [-0.2, -0.15) is 0 Å². The summed E-state index contributed by atoms with van der Waals surface area (Å²) in [4.78, 5) is 12.3. The zero-order valence-electron chi connectivity index (χ0n) is 11.4. The topological polar surface area (TPSA) is 38.3 Å². The minimum absolute atomic E-state index is 0.00846. The van der Waals surface area contributed by atoms with E-state index in [4.69, 9.17) is 4.74 Å². The quantitative estimate of drug-likeness (QED) is 0.925. The van der Waals surface area contributed by atoms with Gasteiger partial charge in [0.2, 0.25) is 0 Å². The Hall–Kier alpha value is -0.870. The molecule has 1 aliphatic heterocycles. The molecule has 1 fully saturated rings. The Bertz CT molecular complexity index is 455. The van der Waals surface area contributed by atoms with Crippen LogP contribution in [0.1, 0.15) is 35.7 Å². The molecular formula is C15H20BrNO2. The van der Waals surface area contributed by atoms with E-state index in [9.17, 15) is 4.79 Å². The van der Waals surface area contributed by atoms with Gasteiger partial charge in [-0.15, -0.1) is 0 Å². The highest BCUT2D eigenvalue weighted by atomic mass is 79.9. The number of ether oxygens (including phenoxy) is 1. The second-order valence-corrected chi connectivity index (χ2v) is 6.05. The molecule has 0 bridgehead atoms. The van der Waals surface area contributed by atoms with Crippen molar-refractivity contribution in [2.75, 3.05) is 13.2 Å². The largest absolute Gasteiger partial charge is 0.381 e. The van der Waals surface area contributed by atoms with Crippen molar-refractivity contribution in [1.82, 2.24) is 5.32 Å². The van der Waals surface area contributed by atoms with Gasteiger partial charge in [-0.25, -0.2) is 0 Å². The second-order valence-electron chi connectivity index (χ2n) is 5.20. The standard InChI is InChI=1S/C15H20BrNO2/c1-10-3-4-13(14(16)9-10)15(18)17-11(2)12-5-7-19-8-6-12/h3-4,9,11-12H,5-8H2,1-2H3,(H,17,18). The molecule has 19 heavy (non-hydrogen) atoms. The smallest absolute Gasteiger partial charge is 0.252 e. The number of hydrogen-bond acceptors (Lipinski definition) is 2. The molecule has 0 aliphatic carbocycles. The summed E-state index contributed by atoms with van der Waals surface area (Å²) >= 11 is 3.45. The summed E-state index contributed by atoms with van der Waals surface area (Å²) in [7, 11) is 0. The van der Waals surface area contributed by atoms with Crippen molar-refractivity contribution in [3.63, 3.8) is 0 Å². The minimum atomic E-state index is -0.00846. The highest BCUT2D eigenvalue weighted by molar-refractivity contribution is 9.10. The van der Waals surface area contributed by atoms with Crippen molar-refractivity contribution >= 4 is 21.8 Å². The van der Waals surface area contributed by atoms with E-state index in [-0.39, 0.29) is 11.9 Å². The van der Waals surface area contributed by atoms with Gasteiger partial charge in [0.05, 0.1) is 5.56 Å². The molecule has 0 spiro atoms. The van der Waals surface area contributed by atoms with E-state index in [1.165, 1.54) is 0 Å². The SMILES string of the molecule is Cc1ccc(C(=O)NC(C)C2CCOCC2)c(Br)c1. The molecule has 2 rings (SSSR count). The maximum atomic E-state index is 12.3. The zero-order valence-corrected chi connectivity index (χ0v) is 13.0. The van der Waals surface area contributed by atoms with Gasteiger partial charge < -0.3 is 10.1 Å². The number of carbonyl (C=O) groups is 1. The summed E-state index contributed by atoms with van der Waals surface area (Å²) < 4.78 is 6.20. The fourth-order valence-electron chi connectivity index (χ4n) is 2.42. The number of carbonyl (C=O) groups excluding carboxylic acids is 1. The predicted molar refractivity (Wildman–Crippen MR) is 79.4 cm³/mol. The van der Waals surface area contributed by atoms with Crippen LogP contribution in [0.5, 0.6) is 0 Å². The Morgan fingerprint density at radius 3 is 2.74 bits per heavy atom. The molecule has 0 aromatic heterocycles. The van der Waals surface area contributed by atoms with Crippen molar-refractivity contribution in [3.05, 3.63) is 33.8 Å². The van der Waals surface area contributed by atoms with Crippen molar-refractivity contribution in [2.45, 2.75) is 32.7 Å². The van der Waals surface area contributed by atoms with Crippen molar-refractivity contribution in [3.8, 4) is 0 Å². The van der Waals surface area contributed by atoms with E-state index < -0.39 is 0 Å². The van der Waals surface area contributed by atoms with Crippen LogP contribution < -0.4 is 5.32 Å². The Morgan fingerprint density at radius 2 is 2.11 bits per heavy atom. The third-order valence-corrected chi connectivity index (χ3v) is 4.36. The van der Waals surface area contributed by atoms with Crippen LogP contribution in [0.3, 0.4) is 0 Å². The fraction of sp³-hybridized carbons (Fsp3) is 0.533. The van der Waals surface area contributed by atoms with Crippen LogP contribution in [-0.4, -0.2) is 25.2 Å². The van der Waals surface area contributed by atoms with E-state index in [1.54, 1.807) is 0 Å². The van der Waals surface area contributed by atoms with Gasteiger partial charge in [-0.3, -0.25) is 4.79 Å². The molecule has 1 aromatic carbocycles. The summed E-state index contributed by atoms with van der Waals surface area (Å²) in [6.07, 6.45) is 2.05. The monoisotopic (exact) mass is 325 g/mol. The lowest BCUT2D eigenvalue weighted by Crippen LogP contribution is -2.40. The van der Waals surface area contributed by atoms with Crippen LogP contribution in [-0.2, 0) is 4.74 Å². The number of rotatable bonds is 3. The van der Waals surface area contributed by atoms with Crippen LogP contribution in [0, 0.1) is 12.8 Å². The molecule has 1 heterocycles. The molecule has 1 N–H and O–H groups in total. The third-order valence-electron chi connectivity index (χ3n) is 3.70. The van der Waals surface area contributed by atoms with E-state index in [1.807, 2.05) is 25.1 Å². The molecule has 104 valence electrons. The predicted octanol–water partition coefficient (Wildman–Crippen LogP) is 3.30. The number of aryl methyl sites for hydroxylation is 1. The molecule has 3 nitrogen and oxygen atoms in total. The normalized spacial score (nSPS) is 18.1. The van der Waals surface area contributed by atoms with Gasteiger partial charge in [-0.05, 0) is 66.2 Å². The molecule has 1 amide bonds. The Labute approximate surface area is 122 Å².